The molecule has 0 aromatic heterocycles. The van der Waals surface area contributed by atoms with Crippen molar-refractivity contribution in [2.75, 3.05) is 18.4 Å². The average Bonchev–Trinajstić information content (AvgIpc) is 3.09. The molecule has 2 N–H and O–H groups in total. The van der Waals surface area contributed by atoms with Gasteiger partial charge in [-0.2, -0.15) is 0 Å². The summed E-state index contributed by atoms with van der Waals surface area (Å²) in [6, 6.07) is 5.51. The van der Waals surface area contributed by atoms with Crippen molar-refractivity contribution in [3.05, 3.63) is 28.8 Å². The molecule has 0 atom stereocenters. The van der Waals surface area contributed by atoms with Crippen LogP contribution in [0.2, 0.25) is 5.02 Å². The van der Waals surface area contributed by atoms with Crippen molar-refractivity contribution >= 4 is 35.6 Å². The first-order valence-electron chi connectivity index (χ1n) is 5.92. The first-order valence-corrected chi connectivity index (χ1v) is 6.30. The Labute approximate surface area is 119 Å². The Hall–Kier alpha value is -0.770. The summed E-state index contributed by atoms with van der Waals surface area (Å²) in [6.07, 6.45) is 2.59. The summed E-state index contributed by atoms with van der Waals surface area (Å²) in [7, 11) is 0. The SMILES string of the molecule is Cc1c(Cl)cccc1NC(=O)CNCC1CC1.Cl. The third kappa shape index (κ3) is 4.48. The van der Waals surface area contributed by atoms with Gasteiger partial charge in [0, 0.05) is 10.7 Å². The van der Waals surface area contributed by atoms with E-state index in [0.717, 1.165) is 23.7 Å². The molecule has 1 aliphatic carbocycles. The molecule has 1 aliphatic rings. The Kier molecular flexibility index (Phi) is 5.93. The number of anilines is 1. The molecule has 3 nitrogen and oxygen atoms in total. The number of nitrogens with one attached hydrogen (secondary N) is 2. The second-order valence-electron chi connectivity index (χ2n) is 4.53. The average molecular weight is 289 g/mol. The highest BCUT2D eigenvalue weighted by Gasteiger charge is 2.20. The van der Waals surface area contributed by atoms with E-state index >= 15 is 0 Å². The maximum Gasteiger partial charge on any atom is 0.238 e. The van der Waals surface area contributed by atoms with Crippen LogP contribution in [-0.4, -0.2) is 19.0 Å². The van der Waals surface area contributed by atoms with Gasteiger partial charge in [0.15, 0.2) is 0 Å². The number of carbonyl (C=O) groups excluding carboxylic acids is 1. The molecule has 1 fully saturated rings. The number of rotatable bonds is 5. The predicted octanol–water partition coefficient (Wildman–Crippen LogP) is 3.01. The van der Waals surface area contributed by atoms with E-state index in [9.17, 15) is 4.79 Å². The quantitative estimate of drug-likeness (QED) is 0.875. The van der Waals surface area contributed by atoms with Gasteiger partial charge in [0.2, 0.25) is 5.91 Å². The number of amides is 1. The van der Waals surface area contributed by atoms with Gasteiger partial charge in [-0.05, 0) is 49.9 Å². The summed E-state index contributed by atoms with van der Waals surface area (Å²) in [4.78, 5) is 11.7. The van der Waals surface area contributed by atoms with Crippen molar-refractivity contribution in [1.82, 2.24) is 5.32 Å². The van der Waals surface area contributed by atoms with Gasteiger partial charge >= 0.3 is 0 Å². The Bertz CT molecular complexity index is 419. The topological polar surface area (TPSA) is 41.1 Å². The van der Waals surface area contributed by atoms with Crippen LogP contribution in [0.25, 0.3) is 0 Å². The van der Waals surface area contributed by atoms with Crippen LogP contribution in [0.1, 0.15) is 18.4 Å². The van der Waals surface area contributed by atoms with Crippen LogP contribution in [0, 0.1) is 12.8 Å². The zero-order valence-electron chi connectivity index (χ0n) is 10.3. The number of hydrogen-bond donors (Lipinski definition) is 2. The number of carbonyl (C=O) groups is 1. The van der Waals surface area contributed by atoms with Gasteiger partial charge in [-0.15, -0.1) is 12.4 Å². The van der Waals surface area contributed by atoms with Crippen LogP contribution < -0.4 is 10.6 Å². The molecule has 0 radical (unpaired) electrons. The van der Waals surface area contributed by atoms with E-state index in [1.165, 1.54) is 12.8 Å². The summed E-state index contributed by atoms with van der Waals surface area (Å²) in [5, 5.41) is 6.69. The van der Waals surface area contributed by atoms with E-state index in [4.69, 9.17) is 11.6 Å². The first-order chi connectivity index (χ1) is 8.16. The Morgan fingerprint density at radius 2 is 2.17 bits per heavy atom. The molecule has 1 saturated carbocycles. The fourth-order valence-electron chi connectivity index (χ4n) is 1.65. The summed E-state index contributed by atoms with van der Waals surface area (Å²) in [5.74, 6) is 0.770. The first kappa shape index (κ1) is 15.3. The molecule has 0 spiro atoms. The molecule has 100 valence electrons. The zero-order valence-corrected chi connectivity index (χ0v) is 11.9. The molecule has 0 heterocycles. The van der Waals surface area contributed by atoms with Crippen LogP contribution in [0.15, 0.2) is 18.2 Å². The summed E-state index contributed by atoms with van der Waals surface area (Å²) < 4.78 is 0. The van der Waals surface area contributed by atoms with Crippen molar-refractivity contribution in [3.8, 4) is 0 Å². The number of halogens is 2. The van der Waals surface area contributed by atoms with Gasteiger partial charge in [0.25, 0.3) is 0 Å². The van der Waals surface area contributed by atoms with Crippen molar-refractivity contribution in [2.24, 2.45) is 5.92 Å². The van der Waals surface area contributed by atoms with Gasteiger partial charge < -0.3 is 10.6 Å². The second kappa shape index (κ2) is 6.98. The lowest BCUT2D eigenvalue weighted by molar-refractivity contribution is -0.115. The molecule has 1 aromatic rings. The fraction of sp³-hybridized carbons (Fsp3) is 0.462. The molecule has 0 saturated heterocycles. The van der Waals surface area contributed by atoms with Gasteiger partial charge in [-0.25, -0.2) is 0 Å². The highest BCUT2D eigenvalue weighted by Crippen LogP contribution is 2.27. The van der Waals surface area contributed by atoms with E-state index < -0.39 is 0 Å². The lowest BCUT2D eigenvalue weighted by Crippen LogP contribution is -2.29. The smallest absolute Gasteiger partial charge is 0.238 e. The largest absolute Gasteiger partial charge is 0.325 e. The maximum absolute atomic E-state index is 11.7. The molecular formula is C13H18Cl2N2O. The highest BCUT2D eigenvalue weighted by molar-refractivity contribution is 6.31. The van der Waals surface area contributed by atoms with E-state index in [-0.39, 0.29) is 18.3 Å². The molecule has 18 heavy (non-hydrogen) atoms. The number of hydrogen-bond acceptors (Lipinski definition) is 2. The Balaban J connectivity index is 0.00000162. The van der Waals surface area contributed by atoms with Crippen molar-refractivity contribution in [3.63, 3.8) is 0 Å². The zero-order chi connectivity index (χ0) is 12.3. The molecule has 0 bridgehead atoms. The summed E-state index contributed by atoms with van der Waals surface area (Å²) in [6.45, 7) is 3.21. The second-order valence-corrected chi connectivity index (χ2v) is 4.94. The third-order valence-corrected chi connectivity index (χ3v) is 3.37. The van der Waals surface area contributed by atoms with E-state index in [2.05, 4.69) is 10.6 Å². The van der Waals surface area contributed by atoms with Crippen molar-refractivity contribution < 1.29 is 4.79 Å². The fourth-order valence-corrected chi connectivity index (χ4v) is 1.82. The highest BCUT2D eigenvalue weighted by atomic mass is 35.5. The molecular weight excluding hydrogens is 271 g/mol. The summed E-state index contributed by atoms with van der Waals surface area (Å²) >= 11 is 5.98. The van der Waals surface area contributed by atoms with E-state index in [1.54, 1.807) is 0 Å². The number of benzene rings is 1. The van der Waals surface area contributed by atoms with Crippen LogP contribution in [0.5, 0.6) is 0 Å². The van der Waals surface area contributed by atoms with Gasteiger partial charge in [-0.1, -0.05) is 17.7 Å². The predicted molar refractivity (Wildman–Crippen MR) is 77.7 cm³/mol. The maximum atomic E-state index is 11.7. The standard InChI is InChI=1S/C13H17ClN2O.ClH/c1-9-11(14)3-2-4-12(9)16-13(17)8-15-7-10-5-6-10;/h2-4,10,15H,5-8H2,1H3,(H,16,17);1H. The molecule has 2 rings (SSSR count). The normalized spacial score (nSPS) is 13.9. The third-order valence-electron chi connectivity index (χ3n) is 2.96. The van der Waals surface area contributed by atoms with Crippen LogP contribution >= 0.6 is 24.0 Å². The molecule has 1 amide bonds. The van der Waals surface area contributed by atoms with Gasteiger partial charge in [0.05, 0.1) is 6.54 Å². The van der Waals surface area contributed by atoms with E-state index in [0.29, 0.717) is 11.6 Å². The minimum absolute atomic E-state index is 0. The van der Waals surface area contributed by atoms with Gasteiger partial charge in [0.1, 0.15) is 0 Å². The Morgan fingerprint density at radius 3 is 2.83 bits per heavy atom. The van der Waals surface area contributed by atoms with E-state index in [1.807, 2.05) is 25.1 Å². The monoisotopic (exact) mass is 288 g/mol. The van der Waals surface area contributed by atoms with Crippen LogP contribution in [0.4, 0.5) is 5.69 Å². The molecule has 0 unspecified atom stereocenters. The summed E-state index contributed by atoms with van der Waals surface area (Å²) in [5.41, 5.74) is 1.69. The minimum Gasteiger partial charge on any atom is -0.325 e. The Morgan fingerprint density at radius 1 is 1.44 bits per heavy atom. The lowest BCUT2D eigenvalue weighted by atomic mass is 10.2. The minimum atomic E-state index is -0.0176. The van der Waals surface area contributed by atoms with Crippen molar-refractivity contribution in [2.45, 2.75) is 19.8 Å². The lowest BCUT2D eigenvalue weighted by Gasteiger charge is -2.09. The molecule has 0 aliphatic heterocycles. The van der Waals surface area contributed by atoms with Crippen molar-refractivity contribution in [1.29, 1.82) is 0 Å². The van der Waals surface area contributed by atoms with Gasteiger partial charge in [-0.3, -0.25) is 4.79 Å². The molecule has 1 aromatic carbocycles. The van der Waals surface area contributed by atoms with Crippen LogP contribution in [-0.2, 0) is 4.79 Å². The van der Waals surface area contributed by atoms with Crippen LogP contribution in [0.3, 0.4) is 0 Å². The molecule has 5 heteroatoms.